The van der Waals surface area contributed by atoms with E-state index in [1.807, 2.05) is 95.8 Å². The van der Waals surface area contributed by atoms with Crippen molar-refractivity contribution in [3.8, 4) is 17.0 Å². The number of amides is 1. The van der Waals surface area contributed by atoms with Gasteiger partial charge < -0.3 is 10.1 Å². The molecule has 0 aliphatic carbocycles. The Morgan fingerprint density at radius 3 is 2.33 bits per heavy atom. The molecule has 0 saturated heterocycles. The van der Waals surface area contributed by atoms with Crippen LogP contribution in [-0.4, -0.2) is 22.8 Å². The number of carbonyl (C=O) groups excluding carboxylic acids is 1. The Bertz CT molecular complexity index is 1120. The molecule has 0 bridgehead atoms. The molecule has 1 heterocycles. The number of nitrogens with zero attached hydrogens (tertiary/aromatic N) is 2. The molecule has 150 valence electrons. The number of para-hydroxylation sites is 1. The predicted octanol–water partition coefficient (Wildman–Crippen LogP) is 4.54. The zero-order valence-corrected chi connectivity index (χ0v) is 16.8. The third kappa shape index (κ3) is 4.41. The quantitative estimate of drug-likeness (QED) is 0.498. The zero-order chi connectivity index (χ0) is 20.8. The molecule has 4 aromatic rings. The van der Waals surface area contributed by atoms with E-state index in [-0.39, 0.29) is 5.91 Å². The molecule has 0 aliphatic heterocycles. The summed E-state index contributed by atoms with van der Waals surface area (Å²) in [6, 6.07) is 27.5. The molecule has 1 N–H and O–H groups in total. The molecule has 0 atom stereocenters. The summed E-state index contributed by atoms with van der Waals surface area (Å²) in [4.78, 5) is 13.1. The molecule has 0 unspecified atom stereocenters. The second-order valence-corrected chi connectivity index (χ2v) is 6.94. The van der Waals surface area contributed by atoms with E-state index >= 15 is 0 Å². The third-order valence-corrected chi connectivity index (χ3v) is 4.87. The van der Waals surface area contributed by atoms with E-state index in [0.29, 0.717) is 24.3 Å². The maximum Gasteiger partial charge on any atom is 0.255 e. The zero-order valence-electron chi connectivity index (χ0n) is 16.8. The van der Waals surface area contributed by atoms with Crippen molar-refractivity contribution in [2.75, 3.05) is 7.11 Å². The van der Waals surface area contributed by atoms with Crippen LogP contribution in [0.2, 0.25) is 0 Å². The van der Waals surface area contributed by atoms with Crippen LogP contribution in [0, 0.1) is 0 Å². The summed E-state index contributed by atoms with van der Waals surface area (Å²) in [5.41, 5.74) is 4.18. The number of nitrogens with one attached hydrogen (secondary N) is 1. The van der Waals surface area contributed by atoms with Gasteiger partial charge in [-0.2, -0.15) is 5.10 Å². The van der Waals surface area contributed by atoms with Gasteiger partial charge in [0.1, 0.15) is 11.4 Å². The number of hydrogen-bond donors (Lipinski definition) is 1. The first kappa shape index (κ1) is 19.5. The third-order valence-electron chi connectivity index (χ3n) is 4.87. The molecule has 5 heteroatoms. The molecule has 5 nitrogen and oxygen atoms in total. The molecule has 0 aliphatic rings. The largest absolute Gasteiger partial charge is 0.496 e. The standard InChI is InChI=1S/C25H23N3O2/c1-30-23-15-9-8-14-21(23)16-26-25(29)22-18-28(17-19-10-4-2-5-11-19)27-24(22)20-12-6-3-7-13-20/h2-15,18H,16-17H2,1H3,(H,26,29). The van der Waals surface area contributed by atoms with Crippen molar-refractivity contribution in [2.24, 2.45) is 0 Å². The van der Waals surface area contributed by atoms with Gasteiger partial charge in [-0.1, -0.05) is 78.9 Å². The minimum absolute atomic E-state index is 0.168. The highest BCUT2D eigenvalue weighted by Crippen LogP contribution is 2.23. The lowest BCUT2D eigenvalue weighted by Crippen LogP contribution is -2.23. The molecule has 1 amide bonds. The predicted molar refractivity (Wildman–Crippen MR) is 117 cm³/mol. The summed E-state index contributed by atoms with van der Waals surface area (Å²) in [7, 11) is 1.63. The van der Waals surface area contributed by atoms with Gasteiger partial charge in [-0.15, -0.1) is 0 Å². The first-order valence-electron chi connectivity index (χ1n) is 9.81. The number of carbonyl (C=O) groups is 1. The van der Waals surface area contributed by atoms with Crippen LogP contribution in [0.15, 0.2) is 91.1 Å². The molecule has 0 saturated carbocycles. The van der Waals surface area contributed by atoms with Crippen LogP contribution in [0.1, 0.15) is 21.5 Å². The van der Waals surface area contributed by atoms with E-state index in [9.17, 15) is 4.79 Å². The molecule has 4 rings (SSSR count). The van der Waals surface area contributed by atoms with Gasteiger partial charge in [-0.05, 0) is 11.6 Å². The van der Waals surface area contributed by atoms with E-state index in [1.54, 1.807) is 7.11 Å². The van der Waals surface area contributed by atoms with Gasteiger partial charge >= 0.3 is 0 Å². The lowest BCUT2D eigenvalue weighted by atomic mass is 10.1. The molecule has 1 aromatic heterocycles. The Labute approximate surface area is 175 Å². The van der Waals surface area contributed by atoms with Crippen molar-refractivity contribution in [1.82, 2.24) is 15.1 Å². The maximum absolute atomic E-state index is 13.1. The van der Waals surface area contributed by atoms with Crippen molar-refractivity contribution in [1.29, 1.82) is 0 Å². The summed E-state index contributed by atoms with van der Waals surface area (Å²) in [6.07, 6.45) is 1.81. The van der Waals surface area contributed by atoms with Gasteiger partial charge in [-0.3, -0.25) is 9.48 Å². The molecule has 0 spiro atoms. The first-order valence-corrected chi connectivity index (χ1v) is 9.81. The van der Waals surface area contributed by atoms with Crippen molar-refractivity contribution in [2.45, 2.75) is 13.1 Å². The van der Waals surface area contributed by atoms with Crippen molar-refractivity contribution in [3.63, 3.8) is 0 Å². The van der Waals surface area contributed by atoms with Crippen LogP contribution in [0.3, 0.4) is 0 Å². The molecule has 3 aromatic carbocycles. The van der Waals surface area contributed by atoms with Crippen LogP contribution in [0.25, 0.3) is 11.3 Å². The number of rotatable bonds is 7. The molecular weight excluding hydrogens is 374 g/mol. The fourth-order valence-electron chi connectivity index (χ4n) is 3.37. The van der Waals surface area contributed by atoms with Gasteiger partial charge in [0.15, 0.2) is 0 Å². The van der Waals surface area contributed by atoms with E-state index in [1.165, 1.54) is 0 Å². The van der Waals surface area contributed by atoms with E-state index in [0.717, 1.165) is 22.4 Å². The highest BCUT2D eigenvalue weighted by Gasteiger charge is 2.18. The van der Waals surface area contributed by atoms with Gasteiger partial charge in [0.2, 0.25) is 0 Å². The summed E-state index contributed by atoms with van der Waals surface area (Å²) in [6.45, 7) is 0.974. The molecule has 0 radical (unpaired) electrons. The van der Waals surface area contributed by atoms with Crippen LogP contribution < -0.4 is 10.1 Å². The lowest BCUT2D eigenvalue weighted by molar-refractivity contribution is 0.0951. The minimum atomic E-state index is -0.168. The summed E-state index contributed by atoms with van der Waals surface area (Å²) in [5, 5.41) is 7.72. The van der Waals surface area contributed by atoms with Crippen LogP contribution in [0.4, 0.5) is 0 Å². The van der Waals surface area contributed by atoms with Crippen LogP contribution in [-0.2, 0) is 13.1 Å². The highest BCUT2D eigenvalue weighted by atomic mass is 16.5. The van der Waals surface area contributed by atoms with Crippen LogP contribution >= 0.6 is 0 Å². The van der Waals surface area contributed by atoms with Gasteiger partial charge in [0, 0.05) is 23.9 Å². The van der Waals surface area contributed by atoms with Gasteiger partial charge in [0.05, 0.1) is 19.2 Å². The summed E-state index contributed by atoms with van der Waals surface area (Å²) >= 11 is 0. The Morgan fingerprint density at radius 1 is 0.933 bits per heavy atom. The van der Waals surface area contributed by atoms with Gasteiger partial charge in [0.25, 0.3) is 5.91 Å². The number of methoxy groups -OCH3 is 1. The van der Waals surface area contributed by atoms with Crippen molar-refractivity contribution < 1.29 is 9.53 Å². The fourth-order valence-corrected chi connectivity index (χ4v) is 3.37. The van der Waals surface area contributed by atoms with Crippen molar-refractivity contribution >= 4 is 5.91 Å². The van der Waals surface area contributed by atoms with Gasteiger partial charge in [-0.25, -0.2) is 0 Å². The lowest BCUT2D eigenvalue weighted by Gasteiger charge is -2.09. The Hall–Kier alpha value is -3.86. The molecule has 0 fully saturated rings. The average molecular weight is 397 g/mol. The number of aromatic nitrogens is 2. The fraction of sp³-hybridized carbons (Fsp3) is 0.120. The van der Waals surface area contributed by atoms with E-state index in [2.05, 4.69) is 5.32 Å². The summed E-state index contributed by atoms with van der Waals surface area (Å²) < 4.78 is 7.19. The molecule has 30 heavy (non-hydrogen) atoms. The van der Waals surface area contributed by atoms with E-state index in [4.69, 9.17) is 9.84 Å². The second-order valence-electron chi connectivity index (χ2n) is 6.94. The topological polar surface area (TPSA) is 56.1 Å². The van der Waals surface area contributed by atoms with Crippen LogP contribution in [0.5, 0.6) is 5.75 Å². The molecular formula is C25H23N3O2. The monoisotopic (exact) mass is 397 g/mol. The number of ether oxygens (including phenoxy) is 1. The second kappa shape index (κ2) is 9.09. The minimum Gasteiger partial charge on any atom is -0.496 e. The first-order chi connectivity index (χ1) is 14.7. The average Bonchev–Trinajstić information content (AvgIpc) is 3.23. The number of hydrogen-bond acceptors (Lipinski definition) is 3. The van der Waals surface area contributed by atoms with E-state index < -0.39 is 0 Å². The summed E-state index contributed by atoms with van der Waals surface area (Å²) in [5.74, 6) is 0.583. The normalized spacial score (nSPS) is 10.6. The Balaban J connectivity index is 1.61. The SMILES string of the molecule is COc1ccccc1CNC(=O)c1cn(Cc2ccccc2)nc1-c1ccccc1. The van der Waals surface area contributed by atoms with Crippen molar-refractivity contribution in [3.05, 3.63) is 108 Å². The maximum atomic E-state index is 13.1. The number of benzene rings is 3. The smallest absolute Gasteiger partial charge is 0.255 e. The Kier molecular flexibility index (Phi) is 5.90. The Morgan fingerprint density at radius 2 is 1.60 bits per heavy atom. The highest BCUT2D eigenvalue weighted by molar-refractivity contribution is 5.99.